The van der Waals surface area contributed by atoms with Crippen molar-refractivity contribution in [2.75, 3.05) is 5.43 Å². The number of hydrogen-bond acceptors (Lipinski definition) is 5. The van der Waals surface area contributed by atoms with Gasteiger partial charge in [-0.3, -0.25) is 4.79 Å². The number of carbonyl (C=O) groups is 1. The van der Waals surface area contributed by atoms with E-state index in [0.717, 1.165) is 17.7 Å². The molecular weight excluding hydrogens is 206 g/mol. The monoisotopic (exact) mass is 223 g/mol. The van der Waals surface area contributed by atoms with Crippen LogP contribution in [0.15, 0.2) is 9.62 Å². The summed E-state index contributed by atoms with van der Waals surface area (Å²) in [5, 5.41) is 7.84. The summed E-state index contributed by atoms with van der Waals surface area (Å²) in [6, 6.07) is 0. The molecule has 1 heterocycles. The van der Waals surface area contributed by atoms with Gasteiger partial charge in [0.25, 0.3) is 0 Å². The molecule has 0 radical (unpaired) electrons. The van der Waals surface area contributed by atoms with Gasteiger partial charge < -0.3 is 4.52 Å². The van der Waals surface area contributed by atoms with Gasteiger partial charge in [0.15, 0.2) is 5.78 Å². The van der Waals surface area contributed by atoms with Crippen molar-refractivity contribution in [2.24, 2.45) is 5.10 Å². The molecule has 16 heavy (non-hydrogen) atoms. The number of nitrogens with one attached hydrogen (secondary N) is 1. The van der Waals surface area contributed by atoms with Crippen LogP contribution in [-0.2, 0) is 11.2 Å². The van der Waals surface area contributed by atoms with E-state index in [4.69, 9.17) is 4.52 Å². The van der Waals surface area contributed by atoms with Crippen molar-refractivity contribution in [2.45, 2.75) is 40.5 Å². The van der Waals surface area contributed by atoms with Gasteiger partial charge in [0.2, 0.25) is 5.88 Å². The molecule has 0 amide bonds. The summed E-state index contributed by atoms with van der Waals surface area (Å²) in [7, 11) is 0. The molecule has 1 aromatic heterocycles. The van der Waals surface area contributed by atoms with Gasteiger partial charge in [0.05, 0.1) is 5.69 Å². The normalized spacial score (nSPS) is 11.6. The van der Waals surface area contributed by atoms with Gasteiger partial charge in [0, 0.05) is 12.0 Å². The van der Waals surface area contributed by atoms with E-state index in [1.165, 1.54) is 0 Å². The highest BCUT2D eigenvalue weighted by Gasteiger charge is 2.10. The van der Waals surface area contributed by atoms with Crippen molar-refractivity contribution < 1.29 is 9.32 Å². The van der Waals surface area contributed by atoms with Crippen molar-refractivity contribution in [1.82, 2.24) is 5.16 Å². The lowest BCUT2D eigenvalue weighted by atomic mass is 10.2. The van der Waals surface area contributed by atoms with Crippen LogP contribution in [0, 0.1) is 6.92 Å². The molecule has 0 unspecified atom stereocenters. The first kappa shape index (κ1) is 12.4. The molecule has 88 valence electrons. The number of rotatable bonds is 5. The number of aryl methyl sites for hydroxylation is 1. The Balaban J connectivity index is 2.74. The van der Waals surface area contributed by atoms with E-state index in [-0.39, 0.29) is 5.78 Å². The van der Waals surface area contributed by atoms with Crippen molar-refractivity contribution in [1.29, 1.82) is 0 Å². The molecule has 0 aliphatic rings. The van der Waals surface area contributed by atoms with E-state index in [9.17, 15) is 4.79 Å². The molecule has 1 rings (SSSR count). The number of ketones is 1. The summed E-state index contributed by atoms with van der Waals surface area (Å²) in [5.41, 5.74) is 5.00. The zero-order valence-electron chi connectivity index (χ0n) is 10.1. The zero-order valence-corrected chi connectivity index (χ0v) is 10.1. The second-order valence-electron chi connectivity index (χ2n) is 3.52. The van der Waals surface area contributed by atoms with Gasteiger partial charge in [-0.1, -0.05) is 19.0 Å². The van der Waals surface area contributed by atoms with Crippen LogP contribution >= 0.6 is 0 Å². The number of hydrazone groups is 1. The third kappa shape index (κ3) is 2.68. The first-order chi connectivity index (χ1) is 7.60. The van der Waals surface area contributed by atoms with Crippen LogP contribution in [0.5, 0.6) is 0 Å². The number of aromatic nitrogens is 1. The molecule has 5 nitrogen and oxygen atoms in total. The molecular formula is C11H17N3O2. The lowest BCUT2D eigenvalue weighted by molar-refractivity contribution is -0.112. The molecule has 0 saturated carbocycles. The van der Waals surface area contributed by atoms with Crippen LogP contribution in [0.1, 0.15) is 38.4 Å². The Hall–Kier alpha value is -1.65. The number of Topliss-reactive ketones (excluding diaryl/α,β-unsaturated/α-hetero) is 1. The van der Waals surface area contributed by atoms with Crippen LogP contribution in [0.4, 0.5) is 5.88 Å². The quantitative estimate of drug-likeness (QED) is 0.614. The molecule has 0 bridgehead atoms. The third-order valence-corrected chi connectivity index (χ3v) is 2.41. The van der Waals surface area contributed by atoms with Crippen LogP contribution in [0.25, 0.3) is 0 Å². The number of anilines is 1. The fraction of sp³-hybridized carbons (Fsp3) is 0.545. The van der Waals surface area contributed by atoms with E-state index in [1.807, 2.05) is 13.8 Å². The van der Waals surface area contributed by atoms with Crippen LogP contribution in [0.2, 0.25) is 0 Å². The number of hydrogen-bond donors (Lipinski definition) is 1. The first-order valence-electron chi connectivity index (χ1n) is 5.38. The second-order valence-corrected chi connectivity index (χ2v) is 3.52. The fourth-order valence-electron chi connectivity index (χ4n) is 1.26. The smallest absolute Gasteiger partial charge is 0.247 e. The van der Waals surface area contributed by atoms with Crippen LogP contribution in [-0.4, -0.2) is 16.7 Å². The zero-order chi connectivity index (χ0) is 12.1. The summed E-state index contributed by atoms with van der Waals surface area (Å²) in [6.45, 7) is 7.38. The summed E-state index contributed by atoms with van der Waals surface area (Å²) in [5.74, 6) is 0.514. The van der Waals surface area contributed by atoms with Gasteiger partial charge in [-0.15, -0.1) is 0 Å². The van der Waals surface area contributed by atoms with E-state index in [1.54, 1.807) is 13.8 Å². The van der Waals surface area contributed by atoms with Gasteiger partial charge in [-0.05, 0) is 20.3 Å². The van der Waals surface area contributed by atoms with Gasteiger partial charge >= 0.3 is 0 Å². The first-order valence-corrected chi connectivity index (χ1v) is 5.38. The molecule has 0 aliphatic carbocycles. The maximum Gasteiger partial charge on any atom is 0.247 e. The molecule has 0 saturated heterocycles. The molecule has 0 aliphatic heterocycles. The van der Waals surface area contributed by atoms with Gasteiger partial charge in [0.1, 0.15) is 5.71 Å². The molecule has 0 aromatic carbocycles. The largest absolute Gasteiger partial charge is 0.336 e. The Bertz CT molecular complexity index is 407. The van der Waals surface area contributed by atoms with E-state index >= 15 is 0 Å². The lowest BCUT2D eigenvalue weighted by Gasteiger charge is -1.98. The van der Waals surface area contributed by atoms with Crippen molar-refractivity contribution >= 4 is 17.4 Å². The molecule has 0 fully saturated rings. The van der Waals surface area contributed by atoms with Gasteiger partial charge in [-0.2, -0.15) is 5.10 Å². The second kappa shape index (κ2) is 5.44. The Morgan fingerprint density at radius 2 is 2.19 bits per heavy atom. The van der Waals surface area contributed by atoms with Crippen molar-refractivity contribution in [3.63, 3.8) is 0 Å². The Kier molecular flexibility index (Phi) is 4.22. The Morgan fingerprint density at radius 1 is 1.50 bits per heavy atom. The van der Waals surface area contributed by atoms with Crippen molar-refractivity contribution in [3.05, 3.63) is 11.3 Å². The molecule has 0 spiro atoms. The highest BCUT2D eigenvalue weighted by molar-refractivity contribution is 6.38. The topological polar surface area (TPSA) is 67.5 Å². The Morgan fingerprint density at radius 3 is 2.69 bits per heavy atom. The standard InChI is InChI=1S/C11H17N3O2/c1-5-9-7(3)11(16-14-9)13-12-8(4)10(15)6-2/h13H,5-6H2,1-4H3/b12-8-. The van der Waals surface area contributed by atoms with Gasteiger partial charge in [-0.25, -0.2) is 5.43 Å². The molecule has 1 N–H and O–H groups in total. The molecule has 1 aromatic rings. The SMILES string of the molecule is CCC(=O)/C(C)=N\Nc1onc(CC)c1C. The minimum Gasteiger partial charge on any atom is -0.336 e. The molecule has 0 atom stereocenters. The van der Waals surface area contributed by atoms with Crippen LogP contribution < -0.4 is 5.43 Å². The van der Waals surface area contributed by atoms with E-state index < -0.39 is 0 Å². The maximum atomic E-state index is 11.3. The minimum absolute atomic E-state index is 0.0142. The average molecular weight is 223 g/mol. The fourth-order valence-corrected chi connectivity index (χ4v) is 1.26. The van der Waals surface area contributed by atoms with Crippen LogP contribution in [0.3, 0.4) is 0 Å². The highest BCUT2D eigenvalue weighted by atomic mass is 16.5. The van der Waals surface area contributed by atoms with Crippen molar-refractivity contribution in [3.8, 4) is 0 Å². The summed E-state index contributed by atoms with van der Waals surface area (Å²) in [6.07, 6.45) is 1.26. The third-order valence-electron chi connectivity index (χ3n) is 2.41. The number of carbonyl (C=O) groups excluding carboxylic acids is 1. The highest BCUT2D eigenvalue weighted by Crippen LogP contribution is 2.18. The summed E-state index contributed by atoms with van der Waals surface area (Å²) < 4.78 is 5.07. The van der Waals surface area contributed by atoms with E-state index in [2.05, 4.69) is 15.7 Å². The minimum atomic E-state index is 0.0142. The predicted octanol–water partition coefficient (Wildman–Crippen LogP) is 2.31. The van der Waals surface area contributed by atoms with E-state index in [0.29, 0.717) is 18.0 Å². The summed E-state index contributed by atoms with van der Waals surface area (Å²) in [4.78, 5) is 11.3. The Labute approximate surface area is 94.9 Å². The lowest BCUT2D eigenvalue weighted by Crippen LogP contribution is -2.10. The number of nitrogens with zero attached hydrogens (tertiary/aromatic N) is 2. The summed E-state index contributed by atoms with van der Waals surface area (Å²) >= 11 is 0. The maximum absolute atomic E-state index is 11.3. The predicted molar refractivity (Wildman–Crippen MR) is 62.6 cm³/mol. The average Bonchev–Trinajstić information content (AvgIpc) is 2.65. The molecule has 5 heteroatoms.